The number of hydrogen-bond donors (Lipinski definition) is 3. The Labute approximate surface area is 143 Å². The lowest BCUT2D eigenvalue weighted by molar-refractivity contribution is -0.294. The van der Waals surface area contributed by atoms with Crippen LogP contribution in [0.15, 0.2) is 28.7 Å². The summed E-state index contributed by atoms with van der Waals surface area (Å²) in [6, 6.07) is 3.36. The Balaban J connectivity index is 2.57. The maximum absolute atomic E-state index is 13.4. The molecule has 0 unspecified atom stereocenters. The van der Waals surface area contributed by atoms with Crippen LogP contribution >= 0.6 is 15.9 Å². The van der Waals surface area contributed by atoms with Gasteiger partial charge in [-0.2, -0.15) is 13.2 Å². The molecule has 0 aliphatic carbocycles. The van der Waals surface area contributed by atoms with Crippen LogP contribution in [-0.2, 0) is 9.53 Å². The summed E-state index contributed by atoms with van der Waals surface area (Å²) in [5.74, 6) is -3.40. The fourth-order valence-corrected chi connectivity index (χ4v) is 2.93. The molecule has 6 nitrogen and oxygen atoms in total. The number of amides is 2. The monoisotopic (exact) mass is 410 g/mol. The fourth-order valence-electron chi connectivity index (χ4n) is 2.51. The number of aliphatic hydroxyl groups is 1. The van der Waals surface area contributed by atoms with Crippen LogP contribution in [0.2, 0.25) is 0 Å². The van der Waals surface area contributed by atoms with E-state index in [0.717, 1.165) is 0 Å². The SMILES string of the molecule is CCOC(=O)[C@@H]1[C@@H](c2cccc(Br)c2)NC(=O)N[C@]1(O)C(F)(F)F. The van der Waals surface area contributed by atoms with E-state index < -0.39 is 35.9 Å². The van der Waals surface area contributed by atoms with Crippen molar-refractivity contribution in [1.82, 2.24) is 10.6 Å². The van der Waals surface area contributed by atoms with Crippen molar-refractivity contribution < 1.29 is 32.6 Å². The number of benzene rings is 1. The van der Waals surface area contributed by atoms with Crippen LogP contribution in [0.1, 0.15) is 18.5 Å². The van der Waals surface area contributed by atoms with Crippen LogP contribution in [0.25, 0.3) is 0 Å². The number of halogens is 4. The minimum Gasteiger partial charge on any atom is -0.466 e. The van der Waals surface area contributed by atoms with Gasteiger partial charge in [-0.15, -0.1) is 0 Å². The number of urea groups is 1. The number of nitrogens with one attached hydrogen (secondary N) is 2. The van der Waals surface area contributed by atoms with E-state index >= 15 is 0 Å². The molecule has 1 aromatic rings. The zero-order chi connectivity index (χ0) is 18.1. The van der Waals surface area contributed by atoms with Crippen molar-refractivity contribution in [2.45, 2.75) is 24.9 Å². The minimum absolute atomic E-state index is 0.178. The maximum atomic E-state index is 13.4. The summed E-state index contributed by atoms with van der Waals surface area (Å²) in [4.78, 5) is 23.8. The Morgan fingerprint density at radius 1 is 1.46 bits per heavy atom. The molecule has 1 aliphatic rings. The Morgan fingerprint density at radius 2 is 2.12 bits per heavy atom. The summed E-state index contributed by atoms with van der Waals surface area (Å²) >= 11 is 3.17. The van der Waals surface area contributed by atoms with Gasteiger partial charge in [0.25, 0.3) is 5.72 Å². The molecular weight excluding hydrogens is 397 g/mol. The van der Waals surface area contributed by atoms with E-state index in [4.69, 9.17) is 0 Å². The van der Waals surface area contributed by atoms with Crippen LogP contribution in [-0.4, -0.2) is 35.6 Å². The van der Waals surface area contributed by atoms with E-state index in [2.05, 4.69) is 26.0 Å². The number of carbonyl (C=O) groups excluding carboxylic acids is 2. The van der Waals surface area contributed by atoms with Gasteiger partial charge >= 0.3 is 18.2 Å². The predicted molar refractivity (Wildman–Crippen MR) is 79.7 cm³/mol. The van der Waals surface area contributed by atoms with Gasteiger partial charge in [0.2, 0.25) is 0 Å². The summed E-state index contributed by atoms with van der Waals surface area (Å²) in [6.07, 6.45) is -5.29. The number of hydrogen-bond acceptors (Lipinski definition) is 4. The summed E-state index contributed by atoms with van der Waals surface area (Å²) in [7, 11) is 0. The second kappa shape index (κ2) is 6.60. The first-order valence-corrected chi connectivity index (χ1v) is 7.69. The third kappa shape index (κ3) is 3.34. The van der Waals surface area contributed by atoms with Gasteiger partial charge in [0.1, 0.15) is 5.92 Å². The van der Waals surface area contributed by atoms with Gasteiger partial charge in [0.15, 0.2) is 0 Å². The fraction of sp³-hybridized carbons (Fsp3) is 0.429. The number of alkyl halides is 3. The number of carbonyl (C=O) groups is 2. The molecule has 2 rings (SSSR count). The smallest absolute Gasteiger partial charge is 0.437 e. The highest BCUT2D eigenvalue weighted by molar-refractivity contribution is 9.10. The molecule has 1 fully saturated rings. The molecule has 0 aromatic heterocycles. The first kappa shape index (κ1) is 18.5. The molecule has 10 heteroatoms. The van der Waals surface area contributed by atoms with E-state index in [-0.39, 0.29) is 12.2 Å². The lowest BCUT2D eigenvalue weighted by atomic mass is 9.82. The number of ether oxygens (including phenoxy) is 1. The van der Waals surface area contributed by atoms with Gasteiger partial charge in [-0.1, -0.05) is 28.1 Å². The third-order valence-electron chi connectivity index (χ3n) is 3.55. The van der Waals surface area contributed by atoms with E-state index in [1.54, 1.807) is 6.07 Å². The van der Waals surface area contributed by atoms with Crippen molar-refractivity contribution in [3.05, 3.63) is 34.3 Å². The molecule has 0 spiro atoms. The van der Waals surface area contributed by atoms with Crippen LogP contribution in [0.3, 0.4) is 0 Å². The van der Waals surface area contributed by atoms with Crippen molar-refractivity contribution in [2.24, 2.45) is 5.92 Å². The molecule has 2 amide bonds. The van der Waals surface area contributed by atoms with Crippen LogP contribution in [0, 0.1) is 5.92 Å². The molecule has 0 radical (unpaired) electrons. The first-order valence-electron chi connectivity index (χ1n) is 6.90. The Kier molecular flexibility index (Phi) is 5.09. The molecule has 132 valence electrons. The highest BCUT2D eigenvalue weighted by Gasteiger charge is 2.67. The zero-order valence-corrected chi connectivity index (χ0v) is 13.9. The van der Waals surface area contributed by atoms with Crippen LogP contribution in [0.4, 0.5) is 18.0 Å². The Morgan fingerprint density at radius 3 is 2.67 bits per heavy atom. The highest BCUT2D eigenvalue weighted by Crippen LogP contribution is 2.43. The third-order valence-corrected chi connectivity index (χ3v) is 4.05. The predicted octanol–water partition coefficient (Wildman–Crippen LogP) is 2.23. The summed E-state index contributed by atoms with van der Waals surface area (Å²) in [5, 5.41) is 13.8. The summed E-state index contributed by atoms with van der Waals surface area (Å²) in [5.41, 5.74) is -3.55. The van der Waals surface area contributed by atoms with E-state index in [1.807, 2.05) is 0 Å². The van der Waals surface area contributed by atoms with E-state index in [1.165, 1.54) is 30.4 Å². The average Bonchev–Trinajstić information content (AvgIpc) is 2.45. The van der Waals surface area contributed by atoms with Crippen molar-refractivity contribution in [3.63, 3.8) is 0 Å². The molecule has 24 heavy (non-hydrogen) atoms. The maximum Gasteiger partial charge on any atom is 0.437 e. The molecule has 3 N–H and O–H groups in total. The van der Waals surface area contributed by atoms with Gasteiger partial charge in [0, 0.05) is 4.47 Å². The molecule has 1 aliphatic heterocycles. The minimum atomic E-state index is -5.29. The Bertz CT molecular complexity index is 655. The van der Waals surface area contributed by atoms with Crippen molar-refractivity contribution in [3.8, 4) is 0 Å². The number of rotatable bonds is 3. The summed E-state index contributed by atoms with van der Waals surface area (Å²) in [6.45, 7) is 1.25. The quantitative estimate of drug-likeness (QED) is 0.666. The largest absolute Gasteiger partial charge is 0.466 e. The van der Waals surface area contributed by atoms with Gasteiger partial charge in [-0.3, -0.25) is 4.79 Å². The van der Waals surface area contributed by atoms with Gasteiger partial charge in [-0.05, 0) is 24.6 Å². The molecule has 0 bridgehead atoms. The number of esters is 1. The van der Waals surface area contributed by atoms with Crippen LogP contribution < -0.4 is 10.6 Å². The molecule has 3 atom stereocenters. The van der Waals surface area contributed by atoms with Gasteiger partial charge < -0.3 is 20.5 Å². The highest BCUT2D eigenvalue weighted by atomic mass is 79.9. The lowest BCUT2D eigenvalue weighted by Crippen LogP contribution is -2.73. The van der Waals surface area contributed by atoms with Gasteiger partial charge in [0.05, 0.1) is 12.6 Å². The second-order valence-electron chi connectivity index (χ2n) is 5.12. The van der Waals surface area contributed by atoms with E-state index in [9.17, 15) is 27.9 Å². The van der Waals surface area contributed by atoms with Crippen molar-refractivity contribution in [1.29, 1.82) is 0 Å². The standard InChI is InChI=1S/C14H14BrF3N2O4/c1-2-24-11(21)9-10(7-4-3-5-8(15)6-7)19-12(22)20-13(9,23)14(16,17)18/h3-6,9-10,23H,2H2,1H3,(H2,19,20,22)/t9-,10+,13+/m0/s1. The average molecular weight is 411 g/mol. The molecule has 0 saturated carbocycles. The first-order chi connectivity index (χ1) is 11.1. The molecule has 1 heterocycles. The second-order valence-corrected chi connectivity index (χ2v) is 6.04. The van der Waals surface area contributed by atoms with Crippen molar-refractivity contribution in [2.75, 3.05) is 6.61 Å². The van der Waals surface area contributed by atoms with Gasteiger partial charge in [-0.25, -0.2) is 4.79 Å². The topological polar surface area (TPSA) is 87.7 Å². The molecule has 1 aromatic carbocycles. The lowest BCUT2D eigenvalue weighted by Gasteiger charge is -2.44. The van der Waals surface area contributed by atoms with Crippen molar-refractivity contribution >= 4 is 27.9 Å². The van der Waals surface area contributed by atoms with E-state index in [0.29, 0.717) is 4.47 Å². The Hall–Kier alpha value is -1.81. The molecule has 1 saturated heterocycles. The summed E-state index contributed by atoms with van der Waals surface area (Å²) < 4.78 is 45.4. The zero-order valence-electron chi connectivity index (χ0n) is 12.4. The molecular formula is C14H14BrF3N2O4. The van der Waals surface area contributed by atoms with Crippen LogP contribution in [0.5, 0.6) is 0 Å². The normalized spacial score (nSPS) is 27.2.